The molecule has 0 N–H and O–H groups in total. The number of sulfonamides is 1. The maximum absolute atomic E-state index is 11.4. The van der Waals surface area contributed by atoms with Crippen molar-refractivity contribution in [3.8, 4) is 6.07 Å². The van der Waals surface area contributed by atoms with Crippen LogP contribution in [0, 0.1) is 11.3 Å². The van der Waals surface area contributed by atoms with E-state index in [2.05, 4.69) is 5.10 Å². The third kappa shape index (κ3) is 3.04. The van der Waals surface area contributed by atoms with Crippen molar-refractivity contribution < 1.29 is 8.42 Å². The van der Waals surface area contributed by atoms with Crippen molar-refractivity contribution >= 4 is 10.0 Å². The van der Waals surface area contributed by atoms with Gasteiger partial charge in [-0.15, -0.1) is 0 Å². The SMILES string of the molecule is CN(Cc1cnn(C)c1)S(=O)(=O)CC#N. The lowest BCUT2D eigenvalue weighted by Crippen LogP contribution is -2.28. The molecule has 1 rings (SSSR count). The molecule has 0 unspecified atom stereocenters. The van der Waals surface area contributed by atoms with Gasteiger partial charge in [0.1, 0.15) is 0 Å². The van der Waals surface area contributed by atoms with E-state index in [1.54, 1.807) is 30.2 Å². The summed E-state index contributed by atoms with van der Waals surface area (Å²) in [6.07, 6.45) is 3.33. The van der Waals surface area contributed by atoms with Gasteiger partial charge in [0.15, 0.2) is 5.75 Å². The number of nitrogens with zero attached hydrogens (tertiary/aromatic N) is 4. The van der Waals surface area contributed by atoms with Crippen molar-refractivity contribution in [1.29, 1.82) is 5.26 Å². The first-order valence-electron chi connectivity index (χ1n) is 4.24. The Morgan fingerprint density at radius 2 is 2.33 bits per heavy atom. The molecule has 0 atom stereocenters. The highest BCUT2D eigenvalue weighted by atomic mass is 32.2. The van der Waals surface area contributed by atoms with E-state index in [0.717, 1.165) is 9.87 Å². The van der Waals surface area contributed by atoms with Crippen LogP contribution in [0.5, 0.6) is 0 Å². The molecule has 6 nitrogen and oxygen atoms in total. The van der Waals surface area contributed by atoms with E-state index in [9.17, 15) is 8.42 Å². The molecule has 7 heteroatoms. The van der Waals surface area contributed by atoms with Gasteiger partial charge in [-0.3, -0.25) is 4.68 Å². The van der Waals surface area contributed by atoms with Gasteiger partial charge in [-0.2, -0.15) is 14.7 Å². The predicted octanol–water partition coefficient (Wildman–Crippen LogP) is -0.295. The highest BCUT2D eigenvalue weighted by molar-refractivity contribution is 7.89. The molecule has 0 radical (unpaired) electrons. The molecule has 0 amide bonds. The fourth-order valence-electron chi connectivity index (χ4n) is 1.10. The van der Waals surface area contributed by atoms with Crippen LogP contribution in [0.4, 0.5) is 0 Å². The zero-order valence-electron chi connectivity index (χ0n) is 8.58. The van der Waals surface area contributed by atoms with Crippen LogP contribution >= 0.6 is 0 Å². The Hall–Kier alpha value is -1.39. The minimum Gasteiger partial charge on any atom is -0.275 e. The molecule has 0 spiro atoms. The molecular weight excluding hydrogens is 216 g/mol. The van der Waals surface area contributed by atoms with Gasteiger partial charge in [0.05, 0.1) is 12.3 Å². The summed E-state index contributed by atoms with van der Waals surface area (Å²) in [5.41, 5.74) is 0.793. The predicted molar refractivity (Wildman–Crippen MR) is 54.1 cm³/mol. The van der Waals surface area contributed by atoms with E-state index in [-0.39, 0.29) is 6.54 Å². The van der Waals surface area contributed by atoms with Crippen LogP contribution in [0.15, 0.2) is 12.4 Å². The second kappa shape index (κ2) is 4.42. The van der Waals surface area contributed by atoms with Crippen molar-refractivity contribution in [3.05, 3.63) is 18.0 Å². The van der Waals surface area contributed by atoms with Crippen LogP contribution in [0.1, 0.15) is 5.56 Å². The van der Waals surface area contributed by atoms with Crippen molar-refractivity contribution in [2.75, 3.05) is 12.8 Å². The number of aryl methyl sites for hydroxylation is 1. The summed E-state index contributed by atoms with van der Waals surface area (Å²) >= 11 is 0. The largest absolute Gasteiger partial charge is 0.275 e. The zero-order valence-corrected chi connectivity index (χ0v) is 9.40. The molecule has 15 heavy (non-hydrogen) atoms. The summed E-state index contributed by atoms with van der Waals surface area (Å²) < 4.78 is 25.6. The number of hydrogen-bond donors (Lipinski definition) is 0. The van der Waals surface area contributed by atoms with Gasteiger partial charge in [0, 0.05) is 32.4 Å². The van der Waals surface area contributed by atoms with E-state index in [1.807, 2.05) is 0 Å². The summed E-state index contributed by atoms with van der Waals surface area (Å²) in [5.74, 6) is -0.496. The summed E-state index contributed by atoms with van der Waals surface area (Å²) in [4.78, 5) is 0. The standard InChI is InChI=1S/C8H12N4O2S/c1-11-6-8(5-10-11)7-12(2)15(13,14)4-3-9/h5-6H,4,7H2,1-2H3. The highest BCUT2D eigenvalue weighted by Gasteiger charge is 2.17. The maximum atomic E-state index is 11.4. The van der Waals surface area contributed by atoms with Crippen LogP contribution in [0.2, 0.25) is 0 Å². The van der Waals surface area contributed by atoms with Gasteiger partial charge in [0.25, 0.3) is 0 Å². The summed E-state index contributed by atoms with van der Waals surface area (Å²) in [5, 5.41) is 12.3. The monoisotopic (exact) mass is 228 g/mol. The summed E-state index contributed by atoms with van der Waals surface area (Å²) in [7, 11) is -0.263. The van der Waals surface area contributed by atoms with Crippen LogP contribution in [0.25, 0.3) is 0 Å². The van der Waals surface area contributed by atoms with Gasteiger partial charge in [0.2, 0.25) is 10.0 Å². The van der Waals surface area contributed by atoms with E-state index in [1.165, 1.54) is 7.05 Å². The Morgan fingerprint density at radius 1 is 1.67 bits per heavy atom. The van der Waals surface area contributed by atoms with Gasteiger partial charge in [-0.1, -0.05) is 0 Å². The normalized spacial score (nSPS) is 11.6. The van der Waals surface area contributed by atoms with Crippen molar-refractivity contribution in [2.24, 2.45) is 7.05 Å². The Labute approximate surface area is 88.8 Å². The first-order chi connectivity index (χ1) is 6.95. The van der Waals surface area contributed by atoms with Crippen molar-refractivity contribution in [1.82, 2.24) is 14.1 Å². The first kappa shape index (κ1) is 11.7. The van der Waals surface area contributed by atoms with Crippen molar-refractivity contribution in [3.63, 3.8) is 0 Å². The molecule has 0 aromatic carbocycles. The Kier molecular flexibility index (Phi) is 3.44. The number of nitriles is 1. The lowest BCUT2D eigenvalue weighted by atomic mass is 10.4. The van der Waals surface area contributed by atoms with Gasteiger partial charge in [-0.25, -0.2) is 8.42 Å². The summed E-state index contributed by atoms with van der Waals surface area (Å²) in [6, 6.07) is 1.63. The summed E-state index contributed by atoms with van der Waals surface area (Å²) in [6.45, 7) is 0.234. The molecule has 0 saturated heterocycles. The molecule has 0 aliphatic carbocycles. The topological polar surface area (TPSA) is 79.0 Å². The fourth-order valence-corrected chi connectivity index (χ4v) is 1.83. The molecule has 82 valence electrons. The zero-order chi connectivity index (χ0) is 11.5. The average molecular weight is 228 g/mol. The minimum atomic E-state index is -3.46. The molecule has 0 aliphatic heterocycles. The Morgan fingerprint density at radius 3 is 2.80 bits per heavy atom. The van der Waals surface area contributed by atoms with E-state index in [4.69, 9.17) is 5.26 Å². The average Bonchev–Trinajstić information content (AvgIpc) is 2.51. The Balaban J connectivity index is 2.72. The lowest BCUT2D eigenvalue weighted by molar-refractivity contribution is 0.469. The molecule has 0 saturated carbocycles. The molecule has 0 fully saturated rings. The van der Waals surface area contributed by atoms with Gasteiger partial charge >= 0.3 is 0 Å². The minimum absolute atomic E-state index is 0.234. The molecule has 0 bridgehead atoms. The third-order valence-corrected chi connectivity index (χ3v) is 3.46. The number of rotatable bonds is 4. The quantitative estimate of drug-likeness (QED) is 0.709. The first-order valence-corrected chi connectivity index (χ1v) is 5.85. The van der Waals surface area contributed by atoms with E-state index < -0.39 is 15.8 Å². The second-order valence-corrected chi connectivity index (χ2v) is 5.27. The van der Waals surface area contributed by atoms with Crippen LogP contribution in [-0.2, 0) is 23.6 Å². The van der Waals surface area contributed by atoms with Crippen molar-refractivity contribution in [2.45, 2.75) is 6.54 Å². The van der Waals surface area contributed by atoms with Crippen LogP contribution < -0.4 is 0 Å². The number of hydrogen-bond acceptors (Lipinski definition) is 4. The smallest absolute Gasteiger partial charge is 0.227 e. The van der Waals surface area contributed by atoms with E-state index in [0.29, 0.717) is 0 Å². The maximum Gasteiger partial charge on any atom is 0.227 e. The molecule has 1 aromatic rings. The van der Waals surface area contributed by atoms with Gasteiger partial charge in [-0.05, 0) is 0 Å². The molecule has 1 aromatic heterocycles. The third-order valence-electron chi connectivity index (χ3n) is 1.89. The second-order valence-electron chi connectivity index (χ2n) is 3.19. The molecule has 0 aliphatic rings. The molecular formula is C8H12N4O2S. The van der Waals surface area contributed by atoms with E-state index >= 15 is 0 Å². The lowest BCUT2D eigenvalue weighted by Gasteiger charge is -2.13. The van der Waals surface area contributed by atoms with Gasteiger partial charge < -0.3 is 0 Å². The Bertz CT molecular complexity index is 471. The highest BCUT2D eigenvalue weighted by Crippen LogP contribution is 2.05. The fraction of sp³-hybridized carbons (Fsp3) is 0.500. The van der Waals surface area contributed by atoms with Crippen LogP contribution in [0.3, 0.4) is 0 Å². The molecule has 1 heterocycles. The van der Waals surface area contributed by atoms with Crippen LogP contribution in [-0.4, -0.2) is 35.3 Å². The number of aromatic nitrogens is 2.